The van der Waals surface area contributed by atoms with Crippen molar-refractivity contribution in [2.24, 2.45) is 5.73 Å². The molecule has 6 nitrogen and oxygen atoms in total. The van der Waals surface area contributed by atoms with Crippen LogP contribution in [0.4, 0.5) is 0 Å². The van der Waals surface area contributed by atoms with Gasteiger partial charge in [-0.25, -0.2) is 8.42 Å². The normalized spacial score (nSPS) is 20.5. The van der Waals surface area contributed by atoms with Gasteiger partial charge >= 0.3 is 0 Å². The Morgan fingerprint density at radius 2 is 1.95 bits per heavy atom. The summed E-state index contributed by atoms with van der Waals surface area (Å²) in [6.45, 7) is 0.827. The van der Waals surface area contributed by atoms with E-state index in [1.165, 1.54) is 16.4 Å². The number of nitrogens with one attached hydrogen (secondary N) is 1. The largest absolute Gasteiger partial charge is 0.368 e. The summed E-state index contributed by atoms with van der Waals surface area (Å²) >= 11 is 0. The van der Waals surface area contributed by atoms with Gasteiger partial charge in [-0.15, -0.1) is 12.4 Å². The molecule has 19 heavy (non-hydrogen) atoms. The van der Waals surface area contributed by atoms with E-state index in [1.54, 1.807) is 18.2 Å². The number of hydrogen-bond acceptors (Lipinski definition) is 4. The van der Waals surface area contributed by atoms with E-state index in [0.717, 1.165) is 0 Å². The number of nitrogens with two attached hydrogens (primary N) is 1. The Hall–Kier alpha value is -1.15. The number of carbonyl (C=O) groups excluding carboxylic acids is 1. The molecule has 1 amide bonds. The highest BCUT2D eigenvalue weighted by Gasteiger charge is 2.31. The van der Waals surface area contributed by atoms with Crippen molar-refractivity contribution in [3.63, 3.8) is 0 Å². The van der Waals surface area contributed by atoms with Crippen LogP contribution in [0, 0.1) is 0 Å². The number of halogens is 1. The highest BCUT2D eigenvalue weighted by atomic mass is 35.5. The van der Waals surface area contributed by atoms with Crippen molar-refractivity contribution >= 4 is 28.3 Å². The molecule has 1 saturated heterocycles. The summed E-state index contributed by atoms with van der Waals surface area (Å²) in [5.41, 5.74) is 5.19. The fourth-order valence-electron chi connectivity index (χ4n) is 1.87. The van der Waals surface area contributed by atoms with E-state index in [0.29, 0.717) is 13.1 Å². The lowest BCUT2D eigenvalue weighted by molar-refractivity contribution is -0.120. The predicted octanol–water partition coefficient (Wildman–Crippen LogP) is -0.444. The van der Waals surface area contributed by atoms with Crippen LogP contribution in [0.5, 0.6) is 0 Å². The summed E-state index contributed by atoms with van der Waals surface area (Å²) in [6.07, 6.45) is 0. The molecular formula is C11H16ClN3O3S. The fourth-order valence-corrected chi connectivity index (χ4v) is 3.35. The Balaban J connectivity index is 0.00000180. The van der Waals surface area contributed by atoms with Crippen LogP contribution in [0.2, 0.25) is 0 Å². The lowest BCUT2D eigenvalue weighted by Crippen LogP contribution is -2.57. The molecule has 0 aromatic heterocycles. The number of carbonyl (C=O) groups is 1. The molecule has 2 rings (SSSR count). The average Bonchev–Trinajstić information content (AvgIpc) is 2.40. The molecule has 0 radical (unpaired) electrons. The highest BCUT2D eigenvalue weighted by molar-refractivity contribution is 7.89. The summed E-state index contributed by atoms with van der Waals surface area (Å²) in [5.74, 6) is -0.539. The molecule has 106 valence electrons. The Morgan fingerprint density at radius 1 is 1.32 bits per heavy atom. The van der Waals surface area contributed by atoms with Crippen LogP contribution >= 0.6 is 12.4 Å². The predicted molar refractivity (Wildman–Crippen MR) is 73.4 cm³/mol. The van der Waals surface area contributed by atoms with Crippen molar-refractivity contribution in [2.75, 3.05) is 19.6 Å². The molecule has 1 aliphatic heterocycles. The molecule has 0 spiro atoms. The van der Waals surface area contributed by atoms with Gasteiger partial charge in [0.25, 0.3) is 0 Å². The first kappa shape index (κ1) is 15.9. The number of rotatable bonds is 3. The Kier molecular flexibility index (Phi) is 5.30. The van der Waals surface area contributed by atoms with Gasteiger partial charge in [0.15, 0.2) is 0 Å². The van der Waals surface area contributed by atoms with Crippen LogP contribution in [0.25, 0.3) is 0 Å². The van der Waals surface area contributed by atoms with Gasteiger partial charge in [-0.3, -0.25) is 4.79 Å². The summed E-state index contributed by atoms with van der Waals surface area (Å²) in [4.78, 5) is 11.3. The topological polar surface area (TPSA) is 92.5 Å². The van der Waals surface area contributed by atoms with E-state index in [4.69, 9.17) is 5.73 Å². The molecule has 1 aliphatic rings. The maximum atomic E-state index is 12.3. The molecule has 1 unspecified atom stereocenters. The molecule has 1 aromatic rings. The van der Waals surface area contributed by atoms with Gasteiger partial charge < -0.3 is 11.1 Å². The van der Waals surface area contributed by atoms with Crippen LogP contribution in [-0.2, 0) is 14.8 Å². The Labute approximate surface area is 118 Å². The maximum Gasteiger partial charge on any atom is 0.243 e. The van der Waals surface area contributed by atoms with Crippen molar-refractivity contribution < 1.29 is 13.2 Å². The molecule has 0 saturated carbocycles. The summed E-state index contributed by atoms with van der Waals surface area (Å²) < 4.78 is 25.9. The second-order valence-electron chi connectivity index (χ2n) is 4.09. The Bertz CT molecular complexity index is 535. The maximum absolute atomic E-state index is 12.3. The van der Waals surface area contributed by atoms with E-state index in [1.807, 2.05) is 0 Å². The molecule has 1 heterocycles. The van der Waals surface area contributed by atoms with Crippen molar-refractivity contribution in [1.82, 2.24) is 9.62 Å². The molecule has 8 heteroatoms. The van der Waals surface area contributed by atoms with Gasteiger partial charge in [-0.1, -0.05) is 18.2 Å². The zero-order chi connectivity index (χ0) is 13.2. The lowest BCUT2D eigenvalue weighted by atomic mass is 10.2. The molecule has 1 fully saturated rings. The number of sulfonamides is 1. The van der Waals surface area contributed by atoms with Gasteiger partial charge in [0.1, 0.15) is 6.04 Å². The minimum atomic E-state index is -3.54. The van der Waals surface area contributed by atoms with Gasteiger partial charge in [-0.2, -0.15) is 4.31 Å². The van der Waals surface area contributed by atoms with E-state index >= 15 is 0 Å². The van der Waals surface area contributed by atoms with Gasteiger partial charge in [0, 0.05) is 19.6 Å². The van der Waals surface area contributed by atoms with Crippen LogP contribution in [0.1, 0.15) is 0 Å². The number of nitrogens with zero attached hydrogens (tertiary/aromatic N) is 1. The Morgan fingerprint density at radius 3 is 2.53 bits per heavy atom. The second-order valence-corrected chi connectivity index (χ2v) is 6.02. The van der Waals surface area contributed by atoms with Crippen molar-refractivity contribution in [3.05, 3.63) is 30.3 Å². The zero-order valence-corrected chi connectivity index (χ0v) is 11.8. The smallest absolute Gasteiger partial charge is 0.243 e. The average molecular weight is 306 g/mol. The molecule has 1 atom stereocenters. The minimum Gasteiger partial charge on any atom is -0.368 e. The first-order valence-corrected chi connectivity index (χ1v) is 7.04. The van der Waals surface area contributed by atoms with E-state index in [2.05, 4.69) is 5.32 Å². The van der Waals surface area contributed by atoms with Gasteiger partial charge in [0.2, 0.25) is 15.9 Å². The molecule has 1 aromatic carbocycles. The van der Waals surface area contributed by atoms with Crippen LogP contribution < -0.4 is 11.1 Å². The third kappa shape index (κ3) is 3.44. The molecule has 0 aliphatic carbocycles. The fraction of sp³-hybridized carbons (Fsp3) is 0.364. The molecule has 3 N–H and O–H groups in total. The minimum absolute atomic E-state index is 0. The number of primary amides is 1. The summed E-state index contributed by atoms with van der Waals surface area (Å²) in [6, 6.07) is 7.54. The highest BCUT2D eigenvalue weighted by Crippen LogP contribution is 2.16. The SMILES string of the molecule is Cl.NC(=O)C1CN(S(=O)(=O)c2ccccc2)CCN1. The molecule has 0 bridgehead atoms. The third-order valence-electron chi connectivity index (χ3n) is 2.86. The quantitative estimate of drug-likeness (QED) is 0.791. The summed E-state index contributed by atoms with van der Waals surface area (Å²) in [7, 11) is -3.54. The summed E-state index contributed by atoms with van der Waals surface area (Å²) in [5, 5.41) is 2.89. The number of piperazine rings is 1. The van der Waals surface area contributed by atoms with Crippen LogP contribution in [0.15, 0.2) is 35.2 Å². The lowest BCUT2D eigenvalue weighted by Gasteiger charge is -2.31. The zero-order valence-electron chi connectivity index (χ0n) is 10.2. The van der Waals surface area contributed by atoms with Gasteiger partial charge in [-0.05, 0) is 12.1 Å². The van der Waals surface area contributed by atoms with E-state index in [-0.39, 0.29) is 23.8 Å². The second kappa shape index (κ2) is 6.33. The number of amides is 1. The number of benzene rings is 1. The van der Waals surface area contributed by atoms with Gasteiger partial charge in [0.05, 0.1) is 4.90 Å². The molecular weight excluding hydrogens is 290 g/mol. The standard InChI is InChI=1S/C11H15N3O3S.ClH/c12-11(15)10-8-14(7-6-13-10)18(16,17)9-4-2-1-3-5-9;/h1-5,10,13H,6-8H2,(H2,12,15);1H. The van der Waals surface area contributed by atoms with Crippen LogP contribution in [0.3, 0.4) is 0 Å². The first-order valence-electron chi connectivity index (χ1n) is 5.60. The monoisotopic (exact) mass is 305 g/mol. The first-order chi connectivity index (χ1) is 8.51. The van der Waals surface area contributed by atoms with Crippen molar-refractivity contribution in [1.29, 1.82) is 0 Å². The van der Waals surface area contributed by atoms with E-state index in [9.17, 15) is 13.2 Å². The van der Waals surface area contributed by atoms with Crippen LogP contribution in [-0.4, -0.2) is 44.3 Å². The van der Waals surface area contributed by atoms with Crippen molar-refractivity contribution in [2.45, 2.75) is 10.9 Å². The van der Waals surface area contributed by atoms with Crippen molar-refractivity contribution in [3.8, 4) is 0 Å². The number of hydrogen-bond donors (Lipinski definition) is 2. The van der Waals surface area contributed by atoms with E-state index < -0.39 is 22.0 Å². The third-order valence-corrected chi connectivity index (χ3v) is 4.74.